The van der Waals surface area contributed by atoms with E-state index in [0.29, 0.717) is 23.9 Å². The lowest BCUT2D eigenvalue weighted by atomic mass is 10.0. The molecule has 0 bridgehead atoms. The molecule has 0 spiro atoms. The van der Waals surface area contributed by atoms with E-state index in [2.05, 4.69) is 55.6 Å². The maximum Gasteiger partial charge on any atom is 0.268 e. The molecule has 3 unspecified atom stereocenters. The number of quaternary nitrogens is 1. The number of hydrogen-bond donors (Lipinski definition) is 2. The molecule has 0 heterocycles. The molecule has 0 aliphatic rings. The van der Waals surface area contributed by atoms with Gasteiger partial charge in [-0.1, -0.05) is 365 Å². The van der Waals surface area contributed by atoms with Crippen molar-refractivity contribution in [1.82, 2.24) is 5.32 Å². The Labute approximate surface area is 525 Å². The van der Waals surface area contributed by atoms with Crippen LogP contribution in [0.25, 0.3) is 0 Å². The molecular weight excluding hydrogens is 1060 g/mol. The Morgan fingerprint density at radius 3 is 1.00 bits per heavy atom. The highest BCUT2D eigenvalue weighted by Gasteiger charge is 2.24. The van der Waals surface area contributed by atoms with Gasteiger partial charge in [-0.2, -0.15) is 0 Å². The summed E-state index contributed by atoms with van der Waals surface area (Å²) in [6, 6.07) is -0.800. The summed E-state index contributed by atoms with van der Waals surface area (Å²) >= 11 is 0. The van der Waals surface area contributed by atoms with Gasteiger partial charge >= 0.3 is 0 Å². The highest BCUT2D eigenvalue weighted by molar-refractivity contribution is 7.45. The number of carbonyl (C=O) groups excluding carboxylic acids is 1. The van der Waals surface area contributed by atoms with Crippen LogP contribution in [-0.4, -0.2) is 68.5 Å². The number of aliphatic hydroxyl groups excluding tert-OH is 1. The van der Waals surface area contributed by atoms with E-state index in [9.17, 15) is 19.4 Å². The van der Waals surface area contributed by atoms with Crippen LogP contribution >= 0.6 is 7.82 Å². The molecule has 0 rings (SSSR count). The van der Waals surface area contributed by atoms with Crippen molar-refractivity contribution in [3.63, 3.8) is 0 Å². The van der Waals surface area contributed by atoms with E-state index >= 15 is 0 Å². The summed E-state index contributed by atoms with van der Waals surface area (Å²) in [6.07, 6.45) is 88.1. The van der Waals surface area contributed by atoms with Crippen LogP contribution in [0.1, 0.15) is 386 Å². The zero-order chi connectivity index (χ0) is 61.2. The Balaban J connectivity index is 3.91. The van der Waals surface area contributed by atoms with Crippen molar-refractivity contribution in [2.75, 3.05) is 40.9 Å². The number of allylic oxidation sites excluding steroid dienone is 6. The molecule has 0 aromatic rings. The maximum absolute atomic E-state index is 13.1. The van der Waals surface area contributed by atoms with E-state index < -0.39 is 20.0 Å². The average molecular weight is 1200 g/mol. The summed E-state index contributed by atoms with van der Waals surface area (Å²) in [7, 11) is 1.33. The maximum atomic E-state index is 13.1. The fraction of sp³-hybridized carbons (Fsp3) is 0.907. The summed E-state index contributed by atoms with van der Waals surface area (Å²) in [5.41, 5.74) is 0. The number of phosphoric acid groups is 1. The number of unbranched alkanes of at least 4 members (excludes halogenated alkanes) is 51. The summed E-state index contributed by atoms with van der Waals surface area (Å²) in [5, 5.41) is 14.1. The zero-order valence-electron chi connectivity index (χ0n) is 57.1. The Morgan fingerprint density at radius 2 is 0.690 bits per heavy atom. The fourth-order valence-corrected chi connectivity index (χ4v) is 12.3. The number of phosphoric ester groups is 1. The molecule has 0 aliphatic heterocycles. The number of nitrogens with one attached hydrogen (secondary N) is 1. The van der Waals surface area contributed by atoms with Gasteiger partial charge in [0.2, 0.25) is 5.91 Å². The number of nitrogens with zero attached hydrogens (tertiary/aromatic N) is 1. The second-order valence-corrected chi connectivity index (χ2v) is 28.4. The van der Waals surface area contributed by atoms with Gasteiger partial charge in [0, 0.05) is 6.42 Å². The van der Waals surface area contributed by atoms with Crippen LogP contribution in [-0.2, 0) is 18.4 Å². The van der Waals surface area contributed by atoms with Crippen molar-refractivity contribution in [3.8, 4) is 0 Å². The second-order valence-electron chi connectivity index (χ2n) is 27.0. The zero-order valence-corrected chi connectivity index (χ0v) is 58.0. The van der Waals surface area contributed by atoms with Gasteiger partial charge in [0.25, 0.3) is 7.82 Å². The van der Waals surface area contributed by atoms with Crippen LogP contribution in [0.2, 0.25) is 0 Å². The quantitative estimate of drug-likeness (QED) is 0.0272. The smallest absolute Gasteiger partial charge is 0.268 e. The number of rotatable bonds is 70. The van der Waals surface area contributed by atoms with Crippen molar-refractivity contribution >= 4 is 13.7 Å². The minimum Gasteiger partial charge on any atom is -0.756 e. The van der Waals surface area contributed by atoms with Gasteiger partial charge < -0.3 is 28.8 Å². The molecule has 2 N–H and O–H groups in total. The van der Waals surface area contributed by atoms with Crippen LogP contribution in [0.5, 0.6) is 0 Å². The number of aliphatic hydroxyl groups is 1. The predicted molar refractivity (Wildman–Crippen MR) is 367 cm³/mol. The van der Waals surface area contributed by atoms with E-state index in [0.717, 1.165) is 51.4 Å². The summed E-state index contributed by atoms with van der Waals surface area (Å²) in [6.45, 7) is 4.77. The molecule has 0 aromatic heterocycles. The summed E-state index contributed by atoms with van der Waals surface area (Å²) in [4.78, 5) is 25.7. The molecular formula is C75H147N2O6P. The third-order valence-corrected chi connectivity index (χ3v) is 18.3. The normalized spacial score (nSPS) is 13.8. The van der Waals surface area contributed by atoms with Crippen molar-refractivity contribution in [3.05, 3.63) is 36.5 Å². The van der Waals surface area contributed by atoms with Gasteiger partial charge in [0.05, 0.1) is 39.9 Å². The van der Waals surface area contributed by atoms with E-state index in [-0.39, 0.29) is 19.1 Å². The first-order valence-electron chi connectivity index (χ1n) is 37.3. The standard InChI is InChI=1S/C75H147N2O6P/c1-6-8-10-12-14-16-18-20-22-24-26-28-30-31-32-33-34-35-36-37-38-39-40-41-42-43-44-45-47-49-51-53-55-57-59-61-63-65-67-69-75(79)76-73(72-83-84(80,81)82-71-70-77(3,4)5)74(78)68-66-64-62-60-58-56-54-52-50-48-46-29-27-25-23-21-19-17-15-13-11-9-7-2/h18,20,24,26,30-31,73-74,78H,6-17,19,21-23,25,27-29,32-72H2,1-5H3,(H-,76,79,80,81)/b20-18-,26-24-,31-30-. The summed E-state index contributed by atoms with van der Waals surface area (Å²) in [5.74, 6) is -0.156. The van der Waals surface area contributed by atoms with Crippen molar-refractivity contribution < 1.29 is 32.9 Å². The van der Waals surface area contributed by atoms with Crippen LogP contribution in [0.3, 0.4) is 0 Å². The molecule has 3 atom stereocenters. The van der Waals surface area contributed by atoms with Gasteiger partial charge in [0.1, 0.15) is 13.2 Å². The SMILES string of the molecule is CCCCCCC/C=C\C/C=C\C/C=C\CCCCCCCCCCCCCCCCCCCCCCCCCCC(=O)NC(COP(=O)([O-])OCC[N+](C)(C)C)C(O)CCCCCCCCCCCCCCCCCCCCCCCCC. The van der Waals surface area contributed by atoms with Crippen molar-refractivity contribution in [1.29, 1.82) is 0 Å². The number of amides is 1. The lowest BCUT2D eigenvalue weighted by molar-refractivity contribution is -0.870. The first-order valence-corrected chi connectivity index (χ1v) is 38.8. The van der Waals surface area contributed by atoms with E-state index in [1.165, 1.54) is 308 Å². The van der Waals surface area contributed by atoms with Gasteiger partial charge in [-0.3, -0.25) is 9.36 Å². The molecule has 0 saturated carbocycles. The first-order chi connectivity index (χ1) is 41.0. The molecule has 0 saturated heterocycles. The molecule has 9 heteroatoms. The molecule has 0 aliphatic carbocycles. The Kier molecular flexibility index (Phi) is 65.1. The summed E-state index contributed by atoms with van der Waals surface area (Å²) < 4.78 is 23.6. The Hall–Kier alpha value is -1.28. The van der Waals surface area contributed by atoms with E-state index in [1.54, 1.807) is 0 Å². The van der Waals surface area contributed by atoms with Crippen LogP contribution < -0.4 is 10.2 Å². The average Bonchev–Trinajstić information content (AvgIpc) is 3.56. The number of carbonyl (C=O) groups is 1. The third kappa shape index (κ3) is 68.2. The van der Waals surface area contributed by atoms with Gasteiger partial charge in [-0.15, -0.1) is 0 Å². The molecule has 0 radical (unpaired) electrons. The minimum absolute atomic E-state index is 0.0150. The highest BCUT2D eigenvalue weighted by atomic mass is 31.2. The predicted octanol–water partition coefficient (Wildman–Crippen LogP) is 23.4. The molecule has 84 heavy (non-hydrogen) atoms. The Morgan fingerprint density at radius 1 is 0.417 bits per heavy atom. The van der Waals surface area contributed by atoms with Crippen LogP contribution in [0.4, 0.5) is 0 Å². The first kappa shape index (κ1) is 82.7. The topological polar surface area (TPSA) is 108 Å². The van der Waals surface area contributed by atoms with Crippen molar-refractivity contribution in [2.24, 2.45) is 0 Å². The molecule has 1 amide bonds. The highest BCUT2D eigenvalue weighted by Crippen LogP contribution is 2.38. The lowest BCUT2D eigenvalue weighted by Gasteiger charge is -2.30. The number of hydrogen-bond acceptors (Lipinski definition) is 6. The van der Waals surface area contributed by atoms with Crippen molar-refractivity contribution in [2.45, 2.75) is 398 Å². The monoisotopic (exact) mass is 1200 g/mol. The lowest BCUT2D eigenvalue weighted by Crippen LogP contribution is -2.46. The van der Waals surface area contributed by atoms with E-state index in [4.69, 9.17) is 9.05 Å². The fourth-order valence-electron chi connectivity index (χ4n) is 11.6. The Bertz CT molecular complexity index is 1460. The van der Waals surface area contributed by atoms with Crippen LogP contribution in [0, 0.1) is 0 Å². The largest absolute Gasteiger partial charge is 0.756 e. The molecule has 8 nitrogen and oxygen atoms in total. The third-order valence-electron chi connectivity index (χ3n) is 17.4. The van der Waals surface area contributed by atoms with E-state index in [1.807, 2.05) is 21.1 Å². The van der Waals surface area contributed by atoms with Gasteiger partial charge in [-0.25, -0.2) is 0 Å². The molecule has 0 aromatic carbocycles. The van der Waals surface area contributed by atoms with Gasteiger partial charge in [0.15, 0.2) is 0 Å². The number of likely N-dealkylation sites (N-methyl/N-ethyl adjacent to an activating group) is 1. The van der Waals surface area contributed by atoms with Gasteiger partial charge in [-0.05, 0) is 51.4 Å². The van der Waals surface area contributed by atoms with Crippen LogP contribution in [0.15, 0.2) is 36.5 Å². The molecule has 498 valence electrons. The molecule has 0 fully saturated rings. The second kappa shape index (κ2) is 66.1. The minimum atomic E-state index is -4.58.